The van der Waals surface area contributed by atoms with Crippen molar-refractivity contribution >= 4 is 81.6 Å². The molecule has 4 N–H and O–H groups in total. The van der Waals surface area contributed by atoms with Gasteiger partial charge in [0.2, 0.25) is 0 Å². The molecular weight excluding hydrogens is 720 g/mol. The number of carbonyl (C=O) groups excluding carboxylic acids is 1. The molecule has 0 aliphatic carbocycles. The quantitative estimate of drug-likeness (QED) is 0.0364. The van der Waals surface area contributed by atoms with Gasteiger partial charge in [0.25, 0.3) is 5.69 Å². The maximum atomic E-state index is 11.0. The molecule has 0 bridgehead atoms. The van der Waals surface area contributed by atoms with Crippen molar-refractivity contribution in [2.45, 2.75) is 120 Å². The van der Waals surface area contributed by atoms with Gasteiger partial charge in [-0.15, -0.1) is 11.8 Å². The molecule has 0 spiro atoms. The van der Waals surface area contributed by atoms with E-state index in [1.165, 1.54) is 46.2 Å². The second-order valence-electron chi connectivity index (χ2n) is 12.3. The maximum absolute atomic E-state index is 11.0. The van der Waals surface area contributed by atoms with Crippen molar-refractivity contribution in [3.05, 3.63) is 80.8 Å². The van der Waals surface area contributed by atoms with Gasteiger partial charge in [-0.3, -0.25) is 14.9 Å². The van der Waals surface area contributed by atoms with Gasteiger partial charge in [-0.2, -0.15) is 11.8 Å². The first-order valence-corrected chi connectivity index (χ1v) is 21.0. The van der Waals surface area contributed by atoms with E-state index in [2.05, 4.69) is 48.2 Å². The molecule has 0 aromatic heterocycles. The first kappa shape index (κ1) is 48.3. The summed E-state index contributed by atoms with van der Waals surface area (Å²) < 4.78 is 10.0. The minimum absolute atomic E-state index is 0.130. The Kier molecular flexibility index (Phi) is 27.3. The fourth-order valence-corrected chi connectivity index (χ4v) is 7.51. The normalized spacial score (nSPS) is 14.2. The predicted octanol–water partition coefficient (Wildman–Crippen LogP) is 12.4. The van der Waals surface area contributed by atoms with Crippen LogP contribution < -0.4 is 0 Å². The zero-order valence-electron chi connectivity index (χ0n) is 33.5. The number of nitrogens with one attached hydrogen (secondary N) is 3. The summed E-state index contributed by atoms with van der Waals surface area (Å²) in [6, 6.07) is 11.9. The van der Waals surface area contributed by atoms with Crippen LogP contribution in [0.5, 0.6) is 0 Å². The van der Waals surface area contributed by atoms with Crippen LogP contribution in [0.25, 0.3) is 0 Å². The number of benzene rings is 2. The van der Waals surface area contributed by atoms with Crippen LogP contribution in [0.2, 0.25) is 0 Å². The van der Waals surface area contributed by atoms with Crippen LogP contribution in [0.3, 0.4) is 0 Å². The Hall–Kier alpha value is -2.68. The Morgan fingerprint density at radius 3 is 1.94 bits per heavy atom. The molecule has 1 saturated heterocycles. The van der Waals surface area contributed by atoms with Crippen LogP contribution >= 0.6 is 45.1 Å². The molecular formula is C37H58BN4O5S4. The Bertz CT molecular complexity index is 1420. The summed E-state index contributed by atoms with van der Waals surface area (Å²) >= 11 is 3.80. The molecule has 283 valence electrons. The fraction of sp³-hybridized carbons (Fsp3) is 0.514. The second-order valence-corrected chi connectivity index (χ2v) is 17.9. The molecule has 3 unspecified atom stereocenters. The zero-order chi connectivity index (χ0) is 41.7. The summed E-state index contributed by atoms with van der Waals surface area (Å²) in [7, 11) is 6.71. The number of nitro groups is 1. The number of nitrogens with zero attached hydrogens (tertiary/aromatic N) is 1. The third-order valence-corrected chi connectivity index (χ3v) is 12.3. The number of Topliss-reactive ketones (excluding diaryl/α,β-unsaturated/α-hetero) is 1. The Morgan fingerprint density at radius 2 is 1.59 bits per heavy atom. The topological polar surface area (TPSA) is 169 Å². The van der Waals surface area contributed by atoms with Crippen LogP contribution in [0, 0.1) is 26.2 Å². The van der Waals surface area contributed by atoms with Crippen molar-refractivity contribution in [2.24, 2.45) is 0 Å². The monoisotopic (exact) mass is 780 g/mol. The van der Waals surface area contributed by atoms with E-state index >= 15 is 0 Å². The molecule has 1 heterocycles. The summed E-state index contributed by atoms with van der Waals surface area (Å²) in [5.41, 5.74) is 2.81. The van der Waals surface area contributed by atoms with E-state index in [4.69, 9.17) is 24.2 Å². The number of thioether (sulfide) groups is 2. The van der Waals surface area contributed by atoms with Gasteiger partial charge in [-0.1, -0.05) is 87.1 Å². The third kappa shape index (κ3) is 25.0. The molecule has 3 rings (SSSR count). The summed E-state index contributed by atoms with van der Waals surface area (Å²) in [6.45, 7) is 19.9. The molecule has 0 saturated carbocycles. The first-order chi connectivity index (χ1) is 24.9. The van der Waals surface area contributed by atoms with E-state index in [0.717, 1.165) is 42.2 Å². The average Bonchev–Trinajstić information content (AvgIpc) is 3.52. The predicted molar refractivity (Wildman–Crippen MR) is 228 cm³/mol. The van der Waals surface area contributed by atoms with Gasteiger partial charge in [0.1, 0.15) is 5.56 Å². The molecule has 2 aromatic carbocycles. The van der Waals surface area contributed by atoms with Gasteiger partial charge >= 0.3 is 18.9 Å². The molecule has 51 heavy (non-hydrogen) atoms. The number of ketones is 1. The number of aromatic carboxylic acids is 1. The van der Waals surface area contributed by atoms with Gasteiger partial charge in [-0.25, -0.2) is 4.79 Å². The number of allylic oxidation sites excluding steroid dienone is 1. The standard InChI is InChI=1S/C13H16N2O4S2.C11H14O.C7H15NS.C6H10S.BHN.H2/c1-8(14)3-4-9(2)20-21-10-5-6-12(15(18)19)11(7-10)13(16)17;1-8(2)10-4-6-11(7-5-10)9(3)12;1-6(8)4-5-7(2)9-3;1-5-3-4-6(2)7-5;1-2;/h5-7,9,14H,3-4H2,1-2H3,(H,16,17);4-8H,1-3H3;7-8H,4-5H2,1-3H3;6H,1,3-4H2,2H3;2H;1H/i;;;;;1+2D. The van der Waals surface area contributed by atoms with E-state index in [-0.39, 0.29) is 11.3 Å². The fourth-order valence-electron chi connectivity index (χ4n) is 3.91. The van der Waals surface area contributed by atoms with Crippen molar-refractivity contribution in [1.82, 2.24) is 0 Å². The van der Waals surface area contributed by atoms with Crippen molar-refractivity contribution in [2.75, 3.05) is 6.26 Å². The number of rotatable bonds is 14. The van der Waals surface area contributed by atoms with E-state index < -0.39 is 16.6 Å². The van der Waals surface area contributed by atoms with Crippen LogP contribution in [0.4, 0.5) is 5.69 Å². The number of carboxylic acid groups (broad SMARTS) is 1. The summed E-state index contributed by atoms with van der Waals surface area (Å²) in [5, 5.41) is 41.4. The van der Waals surface area contributed by atoms with E-state index in [1.54, 1.807) is 30.7 Å². The SMILES string of the molecule is C=C1CCC(C)S1.CC(=N)CCC(C)SSc1ccc([N+](=O)[O-])c(C(=O)O)c1.CC(=O)c1ccc(C(C)C)cc1.CSC(C)CCC(C)=N.[2H][3H].[B]=N. The molecule has 3 atom stereocenters. The number of carbonyl (C=O) groups is 2. The van der Waals surface area contributed by atoms with Crippen LogP contribution in [0.15, 0.2) is 58.8 Å². The van der Waals surface area contributed by atoms with Crippen LogP contribution in [-0.2, 0) is 0 Å². The number of nitro benzene ring substituents is 1. The Morgan fingerprint density at radius 1 is 1.06 bits per heavy atom. The van der Waals surface area contributed by atoms with Crippen molar-refractivity contribution in [3.63, 3.8) is 0 Å². The molecule has 2 aromatic rings. The van der Waals surface area contributed by atoms with Gasteiger partial charge < -0.3 is 15.9 Å². The molecule has 1 aliphatic rings. The van der Waals surface area contributed by atoms with E-state index in [9.17, 15) is 19.7 Å². The number of hydrogen-bond acceptors (Lipinski definition) is 11. The van der Waals surface area contributed by atoms with Gasteiger partial charge in [0, 0.05) is 46.7 Å². The Labute approximate surface area is 326 Å². The molecule has 1 aliphatic heterocycles. The van der Waals surface area contributed by atoms with E-state index in [1.807, 2.05) is 61.6 Å². The number of carboxylic acids is 1. The average molecular weight is 781 g/mol. The summed E-state index contributed by atoms with van der Waals surface area (Å²) in [5.74, 6) is -0.641. The van der Waals surface area contributed by atoms with Crippen LogP contribution in [-0.4, -0.2) is 62.8 Å². The second kappa shape index (κ2) is 28.9. The summed E-state index contributed by atoms with van der Waals surface area (Å²) in [4.78, 5) is 34.1. The van der Waals surface area contributed by atoms with Crippen LogP contribution in [0.1, 0.15) is 129 Å². The molecule has 9 nitrogen and oxygen atoms in total. The zero-order valence-corrected chi connectivity index (χ0v) is 34.8. The third-order valence-electron chi connectivity index (χ3n) is 7.14. The van der Waals surface area contributed by atoms with Crippen molar-refractivity contribution in [3.8, 4) is 0 Å². The Balaban J connectivity index is -0.000000661. The van der Waals surface area contributed by atoms with Gasteiger partial charge in [0.05, 0.1) is 4.92 Å². The molecule has 1 radical (unpaired) electrons. The molecule has 0 amide bonds. The van der Waals surface area contributed by atoms with Gasteiger partial charge in [-0.05, 0) is 94.1 Å². The van der Waals surface area contributed by atoms with E-state index in [0.29, 0.717) is 27.0 Å². The number of hydrogen-bond donors (Lipinski definition) is 4. The van der Waals surface area contributed by atoms with Crippen molar-refractivity contribution in [1.29, 1.82) is 16.1 Å². The summed E-state index contributed by atoms with van der Waals surface area (Å²) in [6.07, 6.45) is 8.40. The first-order valence-electron chi connectivity index (χ1n) is 17.6. The van der Waals surface area contributed by atoms with Gasteiger partial charge in [0.15, 0.2) is 5.78 Å². The minimum atomic E-state index is -1.30. The molecule has 14 heteroatoms. The molecule has 1 fully saturated rings. The van der Waals surface area contributed by atoms with Crippen molar-refractivity contribution < 1.29 is 22.6 Å².